The number of hydrogen-bond donors (Lipinski definition) is 1. The summed E-state index contributed by atoms with van der Waals surface area (Å²) in [5, 5.41) is 12.1. The third-order valence-corrected chi connectivity index (χ3v) is 5.36. The van der Waals surface area contributed by atoms with Crippen molar-refractivity contribution >= 4 is 49.5 Å². The summed E-state index contributed by atoms with van der Waals surface area (Å²) in [6.45, 7) is 2.49. The van der Waals surface area contributed by atoms with Gasteiger partial charge in [0.25, 0.3) is 5.91 Å². The number of ether oxygens (including phenoxy) is 1. The van der Waals surface area contributed by atoms with Gasteiger partial charge in [-0.1, -0.05) is 51.8 Å². The van der Waals surface area contributed by atoms with Crippen LogP contribution in [0.2, 0.25) is 0 Å². The quantitative estimate of drug-likeness (QED) is 0.289. The molecule has 3 aromatic carbocycles. The Hall–Kier alpha value is -2.88. The van der Waals surface area contributed by atoms with Crippen LogP contribution in [-0.2, 0) is 11.4 Å². The van der Waals surface area contributed by atoms with E-state index in [1.807, 2.05) is 55.5 Å². The maximum atomic E-state index is 12.4. The van der Waals surface area contributed by atoms with Gasteiger partial charge >= 0.3 is 0 Å². The third kappa shape index (κ3) is 6.06. The van der Waals surface area contributed by atoms with Crippen LogP contribution in [0.3, 0.4) is 0 Å². The summed E-state index contributed by atoms with van der Waals surface area (Å²) in [5.74, 6) is 0.224. The second-order valence-electron chi connectivity index (χ2n) is 6.60. The van der Waals surface area contributed by atoms with Crippen molar-refractivity contribution in [2.75, 3.05) is 5.32 Å². The highest BCUT2D eigenvalue weighted by molar-refractivity contribution is 9.10. The van der Waals surface area contributed by atoms with E-state index in [0.717, 1.165) is 14.5 Å². The van der Waals surface area contributed by atoms with Crippen LogP contribution in [0.25, 0.3) is 6.08 Å². The van der Waals surface area contributed by atoms with E-state index in [-0.39, 0.29) is 5.57 Å². The summed E-state index contributed by atoms with van der Waals surface area (Å²) in [6, 6.07) is 22.7. The van der Waals surface area contributed by atoms with Gasteiger partial charge in [-0.2, -0.15) is 5.26 Å². The number of amides is 1. The molecule has 0 bridgehead atoms. The zero-order valence-corrected chi connectivity index (χ0v) is 19.3. The number of carbonyl (C=O) groups is 1. The minimum atomic E-state index is -0.462. The van der Waals surface area contributed by atoms with Crippen molar-refractivity contribution in [1.82, 2.24) is 0 Å². The first-order chi connectivity index (χ1) is 14.4. The summed E-state index contributed by atoms with van der Waals surface area (Å²) in [5.41, 5.74) is 3.61. The predicted molar refractivity (Wildman–Crippen MR) is 126 cm³/mol. The molecule has 0 fully saturated rings. The van der Waals surface area contributed by atoms with Crippen molar-refractivity contribution in [2.24, 2.45) is 0 Å². The number of halogens is 2. The fraction of sp³-hybridized carbons (Fsp3) is 0.0833. The highest BCUT2D eigenvalue weighted by atomic mass is 79.9. The van der Waals surface area contributed by atoms with Crippen molar-refractivity contribution in [3.05, 3.63) is 97.9 Å². The number of nitriles is 1. The fourth-order valence-corrected chi connectivity index (χ4v) is 3.51. The Morgan fingerprint density at radius 3 is 2.53 bits per heavy atom. The molecule has 0 saturated heterocycles. The van der Waals surface area contributed by atoms with Crippen LogP contribution >= 0.6 is 31.9 Å². The van der Waals surface area contributed by atoms with E-state index in [1.165, 1.54) is 5.56 Å². The molecule has 30 heavy (non-hydrogen) atoms. The van der Waals surface area contributed by atoms with Crippen molar-refractivity contribution in [1.29, 1.82) is 5.26 Å². The molecule has 150 valence electrons. The first-order valence-corrected chi connectivity index (χ1v) is 10.7. The number of nitrogens with zero attached hydrogens (tertiary/aromatic N) is 1. The van der Waals surface area contributed by atoms with Gasteiger partial charge in [-0.3, -0.25) is 4.79 Å². The zero-order chi connectivity index (χ0) is 21.5. The van der Waals surface area contributed by atoms with Gasteiger partial charge in [0.1, 0.15) is 24.0 Å². The normalized spacial score (nSPS) is 10.9. The minimum absolute atomic E-state index is 0.0123. The van der Waals surface area contributed by atoms with Crippen LogP contribution in [0, 0.1) is 18.3 Å². The van der Waals surface area contributed by atoms with E-state index in [4.69, 9.17) is 4.74 Å². The molecule has 0 radical (unpaired) electrons. The molecule has 0 aliphatic heterocycles. The highest BCUT2D eigenvalue weighted by Gasteiger charge is 2.10. The number of carbonyl (C=O) groups excluding carboxylic acids is 1. The Bertz CT molecular complexity index is 1130. The van der Waals surface area contributed by atoms with E-state index >= 15 is 0 Å². The van der Waals surface area contributed by atoms with Crippen LogP contribution in [0.4, 0.5) is 5.69 Å². The lowest BCUT2D eigenvalue weighted by Gasteiger charge is -2.10. The largest absolute Gasteiger partial charge is 0.488 e. The van der Waals surface area contributed by atoms with Gasteiger partial charge in [-0.25, -0.2) is 0 Å². The Labute approximate surface area is 192 Å². The van der Waals surface area contributed by atoms with E-state index in [0.29, 0.717) is 23.6 Å². The van der Waals surface area contributed by atoms with Crippen LogP contribution in [0.5, 0.6) is 5.75 Å². The highest BCUT2D eigenvalue weighted by Crippen LogP contribution is 2.28. The van der Waals surface area contributed by atoms with Gasteiger partial charge in [0, 0.05) is 10.2 Å². The maximum Gasteiger partial charge on any atom is 0.266 e. The Morgan fingerprint density at radius 1 is 1.10 bits per heavy atom. The predicted octanol–water partition coefficient (Wildman–Crippen LogP) is 6.64. The number of benzene rings is 3. The third-order valence-electron chi connectivity index (χ3n) is 4.21. The SMILES string of the molecule is Cc1cccc(COc2ccc(/C=C(/C#N)C(=O)Nc3ccc(Br)cc3)cc2Br)c1. The van der Waals surface area contributed by atoms with Gasteiger partial charge in [0.2, 0.25) is 0 Å². The second-order valence-corrected chi connectivity index (χ2v) is 8.37. The first kappa shape index (κ1) is 21.8. The van der Waals surface area contributed by atoms with Crippen molar-refractivity contribution in [3.8, 4) is 11.8 Å². The van der Waals surface area contributed by atoms with Crippen LogP contribution in [0.15, 0.2) is 81.2 Å². The summed E-state index contributed by atoms with van der Waals surface area (Å²) in [4.78, 5) is 12.4. The standard InChI is InChI=1S/C24H18Br2N2O2/c1-16-3-2-4-18(11-16)15-30-23-10-5-17(13-22(23)26)12-19(14-27)24(29)28-21-8-6-20(25)7-9-21/h2-13H,15H2,1H3,(H,28,29)/b19-12-. The lowest BCUT2D eigenvalue weighted by Crippen LogP contribution is -2.13. The number of aryl methyl sites for hydroxylation is 1. The van der Waals surface area contributed by atoms with Gasteiger partial charge in [-0.05, 0) is 76.5 Å². The summed E-state index contributed by atoms with van der Waals surface area (Å²) in [6.07, 6.45) is 1.54. The molecule has 0 aliphatic rings. The van der Waals surface area contributed by atoms with Crippen LogP contribution < -0.4 is 10.1 Å². The molecular weight excluding hydrogens is 508 g/mol. The second kappa shape index (κ2) is 10.2. The number of hydrogen-bond acceptors (Lipinski definition) is 3. The average Bonchev–Trinajstić information content (AvgIpc) is 2.73. The molecule has 0 unspecified atom stereocenters. The average molecular weight is 526 g/mol. The molecule has 6 heteroatoms. The van der Waals surface area contributed by atoms with E-state index < -0.39 is 5.91 Å². The maximum absolute atomic E-state index is 12.4. The molecule has 4 nitrogen and oxygen atoms in total. The molecular formula is C24H18Br2N2O2. The zero-order valence-electron chi connectivity index (χ0n) is 16.2. The van der Waals surface area contributed by atoms with Gasteiger partial charge in [0.05, 0.1) is 4.47 Å². The molecule has 1 amide bonds. The van der Waals surface area contributed by atoms with Crippen molar-refractivity contribution in [3.63, 3.8) is 0 Å². The molecule has 1 N–H and O–H groups in total. The van der Waals surface area contributed by atoms with Gasteiger partial charge in [-0.15, -0.1) is 0 Å². The summed E-state index contributed by atoms with van der Waals surface area (Å²) < 4.78 is 7.54. The number of nitrogens with one attached hydrogen (secondary N) is 1. The van der Waals surface area contributed by atoms with Gasteiger partial charge in [0.15, 0.2) is 0 Å². The monoisotopic (exact) mass is 524 g/mol. The van der Waals surface area contributed by atoms with Crippen molar-refractivity contribution < 1.29 is 9.53 Å². The first-order valence-electron chi connectivity index (χ1n) is 9.11. The van der Waals surface area contributed by atoms with Crippen LogP contribution in [0.1, 0.15) is 16.7 Å². The van der Waals surface area contributed by atoms with E-state index in [1.54, 1.807) is 24.3 Å². The lowest BCUT2D eigenvalue weighted by atomic mass is 10.1. The smallest absolute Gasteiger partial charge is 0.266 e. The minimum Gasteiger partial charge on any atom is -0.488 e. The molecule has 0 spiro atoms. The molecule has 0 saturated carbocycles. The number of anilines is 1. The number of rotatable bonds is 6. The van der Waals surface area contributed by atoms with Crippen molar-refractivity contribution in [2.45, 2.75) is 13.5 Å². The topological polar surface area (TPSA) is 62.1 Å². The molecule has 0 aliphatic carbocycles. The molecule has 0 heterocycles. The Balaban J connectivity index is 1.70. The molecule has 3 rings (SSSR count). The van der Waals surface area contributed by atoms with Gasteiger partial charge < -0.3 is 10.1 Å². The molecule has 3 aromatic rings. The van der Waals surface area contributed by atoms with E-state index in [9.17, 15) is 10.1 Å². The molecule has 0 atom stereocenters. The van der Waals surface area contributed by atoms with E-state index in [2.05, 4.69) is 43.2 Å². The summed E-state index contributed by atoms with van der Waals surface area (Å²) in [7, 11) is 0. The Morgan fingerprint density at radius 2 is 1.87 bits per heavy atom. The van der Waals surface area contributed by atoms with Crippen LogP contribution in [-0.4, -0.2) is 5.91 Å². The fourth-order valence-electron chi connectivity index (χ4n) is 2.73. The summed E-state index contributed by atoms with van der Waals surface area (Å²) >= 11 is 6.85. The lowest BCUT2D eigenvalue weighted by molar-refractivity contribution is -0.112. The molecule has 0 aromatic heterocycles. The Kier molecular flexibility index (Phi) is 7.45.